The smallest absolute Gasteiger partial charge is 0.316 e. The van der Waals surface area contributed by atoms with E-state index in [0.29, 0.717) is 30.3 Å². The zero-order valence-electron chi connectivity index (χ0n) is 17.4. The summed E-state index contributed by atoms with van der Waals surface area (Å²) in [5.41, 5.74) is 0.890. The van der Waals surface area contributed by atoms with Gasteiger partial charge in [0.15, 0.2) is 5.78 Å². The lowest BCUT2D eigenvalue weighted by molar-refractivity contribution is -0.150. The summed E-state index contributed by atoms with van der Waals surface area (Å²) in [6.45, 7) is 10.8. The van der Waals surface area contributed by atoms with E-state index >= 15 is 0 Å². The Morgan fingerprint density at radius 3 is 2.56 bits per heavy atom. The van der Waals surface area contributed by atoms with Gasteiger partial charge in [-0.3, -0.25) is 14.6 Å². The molecule has 0 unspecified atom stereocenters. The van der Waals surface area contributed by atoms with Crippen molar-refractivity contribution in [1.29, 1.82) is 0 Å². The molecule has 0 spiro atoms. The molecule has 0 fully saturated rings. The van der Waals surface area contributed by atoms with Gasteiger partial charge in [-0.2, -0.15) is 11.8 Å². The van der Waals surface area contributed by atoms with Gasteiger partial charge in [0.25, 0.3) is 0 Å². The summed E-state index contributed by atoms with van der Waals surface area (Å²) in [5.74, 6) is -0.708. The van der Waals surface area contributed by atoms with Gasteiger partial charge in [-0.25, -0.2) is 0 Å². The number of thioether (sulfide) groups is 1. The van der Waals surface area contributed by atoms with Crippen LogP contribution in [0.5, 0.6) is 0 Å². The van der Waals surface area contributed by atoms with Crippen LogP contribution in [0.15, 0.2) is 16.3 Å². The number of ketones is 1. The summed E-state index contributed by atoms with van der Waals surface area (Å²) in [6.07, 6.45) is 3.26. The van der Waals surface area contributed by atoms with Crippen LogP contribution in [0.3, 0.4) is 0 Å². The minimum absolute atomic E-state index is 0.102. The maximum absolute atomic E-state index is 12.9. The van der Waals surface area contributed by atoms with Gasteiger partial charge in [0.2, 0.25) is 0 Å². The van der Waals surface area contributed by atoms with Crippen molar-refractivity contribution in [2.75, 3.05) is 18.9 Å². The van der Waals surface area contributed by atoms with E-state index in [9.17, 15) is 14.7 Å². The lowest BCUT2D eigenvalue weighted by atomic mass is 9.74. The van der Waals surface area contributed by atoms with Crippen LogP contribution >= 0.6 is 11.8 Å². The normalized spacial score (nSPS) is 22.1. The van der Waals surface area contributed by atoms with Crippen molar-refractivity contribution in [2.24, 2.45) is 16.8 Å². The third-order valence-corrected chi connectivity index (χ3v) is 5.77. The van der Waals surface area contributed by atoms with E-state index in [4.69, 9.17) is 4.74 Å². The van der Waals surface area contributed by atoms with Crippen molar-refractivity contribution in [3.8, 4) is 0 Å². The molecule has 0 aromatic rings. The van der Waals surface area contributed by atoms with Gasteiger partial charge < -0.3 is 9.84 Å². The Balaban J connectivity index is 3.31. The van der Waals surface area contributed by atoms with E-state index in [0.717, 1.165) is 18.6 Å². The standard InChI is InChI=1S/C21H35NO4S/c1-6-10-16(22-11-7-2)19-17(23)13-15(12-14(5)27-9-4)18(20(19)24)21(25)26-8-3/h14-15,18,24H,6-13H2,1-5H3/t14-,15+,18-/m1/s1. The monoisotopic (exact) mass is 397 g/mol. The summed E-state index contributed by atoms with van der Waals surface area (Å²) < 4.78 is 5.24. The van der Waals surface area contributed by atoms with E-state index in [1.165, 1.54) is 0 Å². The molecule has 3 atom stereocenters. The maximum atomic E-state index is 12.9. The lowest BCUT2D eigenvalue weighted by Gasteiger charge is -2.32. The van der Waals surface area contributed by atoms with Gasteiger partial charge in [0.1, 0.15) is 11.7 Å². The zero-order chi connectivity index (χ0) is 20.4. The fourth-order valence-electron chi connectivity index (χ4n) is 3.59. The third kappa shape index (κ3) is 6.66. The number of allylic oxidation sites excluding steroid dienone is 1. The second-order valence-electron chi connectivity index (χ2n) is 6.96. The SMILES string of the molecule is CCCN=C(CCC)C1=C(O)[C@H](C(=O)OCC)[C@@H](C[C@@H](C)SCC)CC1=O. The third-order valence-electron chi connectivity index (χ3n) is 4.68. The summed E-state index contributed by atoms with van der Waals surface area (Å²) >= 11 is 1.80. The number of carbonyl (C=O) groups excluding carboxylic acids is 2. The Labute approximate surface area is 168 Å². The van der Waals surface area contributed by atoms with Crippen LogP contribution in [0.25, 0.3) is 0 Å². The number of nitrogens with zero attached hydrogens (tertiary/aromatic N) is 1. The molecule has 0 amide bonds. The van der Waals surface area contributed by atoms with Crippen molar-refractivity contribution in [2.45, 2.75) is 72.0 Å². The van der Waals surface area contributed by atoms with Crippen molar-refractivity contribution >= 4 is 29.2 Å². The van der Waals surface area contributed by atoms with Crippen LogP contribution < -0.4 is 0 Å². The highest BCUT2D eigenvalue weighted by Crippen LogP contribution is 2.38. The van der Waals surface area contributed by atoms with Crippen LogP contribution in [0.2, 0.25) is 0 Å². The molecule has 0 heterocycles. The fourth-order valence-corrected chi connectivity index (χ4v) is 4.54. The van der Waals surface area contributed by atoms with Crippen molar-refractivity contribution in [3.63, 3.8) is 0 Å². The van der Waals surface area contributed by atoms with Gasteiger partial charge in [0.05, 0.1) is 12.2 Å². The molecular weight excluding hydrogens is 362 g/mol. The second kappa shape index (κ2) is 12.2. The van der Waals surface area contributed by atoms with Gasteiger partial charge in [0, 0.05) is 23.9 Å². The van der Waals surface area contributed by atoms with Crippen molar-refractivity contribution in [1.82, 2.24) is 0 Å². The molecule has 6 heteroatoms. The molecular formula is C21H35NO4S. The number of carbonyl (C=O) groups is 2. The first-order valence-corrected chi connectivity index (χ1v) is 11.2. The first kappa shape index (κ1) is 23.7. The van der Waals surface area contributed by atoms with E-state index in [1.54, 1.807) is 18.7 Å². The second-order valence-corrected chi connectivity index (χ2v) is 8.67. The molecule has 0 aliphatic heterocycles. The average Bonchev–Trinajstić information content (AvgIpc) is 2.59. The Hall–Kier alpha value is -1.30. The quantitative estimate of drug-likeness (QED) is 0.402. The molecule has 0 radical (unpaired) electrons. The Bertz CT molecular complexity index is 571. The summed E-state index contributed by atoms with van der Waals surface area (Å²) in [5, 5.41) is 11.3. The van der Waals surface area contributed by atoms with E-state index < -0.39 is 11.9 Å². The van der Waals surface area contributed by atoms with Gasteiger partial charge in [-0.05, 0) is 37.9 Å². The zero-order valence-corrected chi connectivity index (χ0v) is 18.2. The number of rotatable bonds is 11. The van der Waals surface area contributed by atoms with Crippen molar-refractivity contribution in [3.05, 3.63) is 11.3 Å². The minimum Gasteiger partial charge on any atom is -0.511 e. The van der Waals surface area contributed by atoms with Gasteiger partial charge in [-0.1, -0.05) is 34.1 Å². The average molecular weight is 398 g/mol. The van der Waals surface area contributed by atoms with E-state index in [1.807, 2.05) is 13.8 Å². The maximum Gasteiger partial charge on any atom is 0.316 e. The first-order chi connectivity index (χ1) is 12.9. The molecule has 1 aliphatic carbocycles. The number of aliphatic hydroxyl groups excluding tert-OH is 1. The number of ether oxygens (including phenoxy) is 1. The minimum atomic E-state index is -0.777. The van der Waals surface area contributed by atoms with E-state index in [2.05, 4.69) is 18.8 Å². The summed E-state index contributed by atoms with van der Waals surface area (Å²) in [7, 11) is 0. The predicted molar refractivity (Wildman–Crippen MR) is 113 cm³/mol. The molecule has 0 aromatic heterocycles. The number of aliphatic hydroxyl groups is 1. The highest BCUT2D eigenvalue weighted by molar-refractivity contribution is 7.99. The molecule has 1 N–H and O–H groups in total. The van der Waals surface area contributed by atoms with Crippen LogP contribution in [-0.4, -0.2) is 46.7 Å². The van der Waals surface area contributed by atoms with Crippen LogP contribution in [0, 0.1) is 11.8 Å². The molecule has 0 saturated carbocycles. The van der Waals surface area contributed by atoms with Gasteiger partial charge >= 0.3 is 5.97 Å². The predicted octanol–water partition coefficient (Wildman–Crippen LogP) is 4.75. The highest BCUT2D eigenvalue weighted by atomic mass is 32.2. The number of esters is 1. The number of hydrogen-bond acceptors (Lipinski definition) is 6. The largest absolute Gasteiger partial charge is 0.511 e. The fraction of sp³-hybridized carbons (Fsp3) is 0.762. The Kier molecular flexibility index (Phi) is 10.7. The molecule has 0 aromatic carbocycles. The van der Waals surface area contributed by atoms with Crippen LogP contribution in [0.1, 0.15) is 66.7 Å². The topological polar surface area (TPSA) is 76.0 Å². The first-order valence-electron chi connectivity index (χ1n) is 10.2. The molecule has 0 bridgehead atoms. The van der Waals surface area contributed by atoms with E-state index in [-0.39, 0.29) is 36.1 Å². The Morgan fingerprint density at radius 1 is 1.30 bits per heavy atom. The molecule has 27 heavy (non-hydrogen) atoms. The van der Waals surface area contributed by atoms with Gasteiger partial charge in [-0.15, -0.1) is 0 Å². The molecule has 1 rings (SSSR count). The molecule has 154 valence electrons. The Morgan fingerprint density at radius 2 is 2.00 bits per heavy atom. The van der Waals surface area contributed by atoms with Crippen LogP contribution in [0.4, 0.5) is 0 Å². The molecule has 0 saturated heterocycles. The van der Waals surface area contributed by atoms with Crippen molar-refractivity contribution < 1.29 is 19.4 Å². The molecule has 5 nitrogen and oxygen atoms in total. The molecule has 1 aliphatic rings. The lowest BCUT2D eigenvalue weighted by Crippen LogP contribution is -2.38. The number of hydrogen-bond donors (Lipinski definition) is 1. The summed E-state index contributed by atoms with van der Waals surface area (Å²) in [4.78, 5) is 30.1. The number of aliphatic imine (C=N–C) groups is 1. The number of Topliss-reactive ketones (excluding diaryl/α,β-unsaturated/α-hetero) is 1. The van der Waals surface area contributed by atoms with Crippen LogP contribution in [-0.2, 0) is 14.3 Å². The highest BCUT2D eigenvalue weighted by Gasteiger charge is 2.43. The summed E-state index contributed by atoms with van der Waals surface area (Å²) in [6, 6.07) is 0.